The average molecular weight is 302 g/mol. The molecule has 3 N–H and O–H groups in total. The monoisotopic (exact) mass is 301 g/mol. The Morgan fingerprint density at radius 3 is 2.59 bits per heavy atom. The van der Waals surface area contributed by atoms with Gasteiger partial charge in [0.05, 0.1) is 12.2 Å². The number of carboxylic acids is 1. The lowest BCUT2D eigenvalue weighted by Crippen LogP contribution is -2.43. The molecule has 1 atom stereocenters. The van der Waals surface area contributed by atoms with Gasteiger partial charge in [-0.15, -0.1) is 0 Å². The summed E-state index contributed by atoms with van der Waals surface area (Å²) in [5, 5.41) is 19.7. The predicted molar refractivity (Wildman–Crippen MR) is 64.9 cm³/mol. The van der Waals surface area contributed by atoms with Crippen LogP contribution in [0.2, 0.25) is 0 Å². The summed E-state index contributed by atoms with van der Waals surface area (Å²) in [6.45, 7) is 1.23. The van der Waals surface area contributed by atoms with Crippen molar-refractivity contribution in [2.75, 3.05) is 6.61 Å². The van der Waals surface area contributed by atoms with Gasteiger partial charge in [-0.3, -0.25) is 4.79 Å². The standard InChI is InChI=1S/C11H12BrNO4/c1-6-2-3-7(8(12)4-6)10(15)13-9(5-14)11(16)17/h2-4,9,14H,5H2,1H3,(H,13,15)(H,16,17)/t9-/m0/s1. The van der Waals surface area contributed by atoms with E-state index in [0.717, 1.165) is 5.56 Å². The Balaban J connectivity index is 2.86. The largest absolute Gasteiger partial charge is 0.480 e. The zero-order valence-electron chi connectivity index (χ0n) is 9.11. The number of aliphatic carboxylic acids is 1. The molecule has 1 amide bonds. The van der Waals surface area contributed by atoms with Gasteiger partial charge in [0.25, 0.3) is 5.91 Å². The topological polar surface area (TPSA) is 86.6 Å². The minimum absolute atomic E-state index is 0.329. The van der Waals surface area contributed by atoms with E-state index in [2.05, 4.69) is 21.2 Å². The van der Waals surface area contributed by atoms with Crippen LogP contribution in [-0.4, -0.2) is 34.7 Å². The number of nitrogens with one attached hydrogen (secondary N) is 1. The van der Waals surface area contributed by atoms with E-state index in [9.17, 15) is 9.59 Å². The number of carbonyl (C=O) groups excluding carboxylic acids is 1. The first-order chi connectivity index (χ1) is 7.95. The zero-order chi connectivity index (χ0) is 13.0. The maximum Gasteiger partial charge on any atom is 0.328 e. The van der Waals surface area contributed by atoms with E-state index in [-0.39, 0.29) is 0 Å². The van der Waals surface area contributed by atoms with Crippen molar-refractivity contribution in [1.29, 1.82) is 0 Å². The van der Waals surface area contributed by atoms with E-state index < -0.39 is 24.5 Å². The first-order valence-electron chi connectivity index (χ1n) is 4.86. The average Bonchev–Trinajstić information content (AvgIpc) is 2.24. The first kappa shape index (κ1) is 13.7. The third-order valence-electron chi connectivity index (χ3n) is 2.16. The molecule has 0 aliphatic rings. The Morgan fingerprint density at radius 1 is 1.47 bits per heavy atom. The van der Waals surface area contributed by atoms with E-state index in [1.54, 1.807) is 18.2 Å². The number of halogens is 1. The van der Waals surface area contributed by atoms with E-state index >= 15 is 0 Å². The molecule has 1 aromatic rings. The highest BCUT2D eigenvalue weighted by atomic mass is 79.9. The molecule has 0 aliphatic heterocycles. The third-order valence-corrected chi connectivity index (χ3v) is 2.81. The minimum Gasteiger partial charge on any atom is -0.480 e. The van der Waals surface area contributed by atoms with Crippen LogP contribution in [0.1, 0.15) is 15.9 Å². The van der Waals surface area contributed by atoms with E-state index in [4.69, 9.17) is 10.2 Å². The Morgan fingerprint density at radius 2 is 2.12 bits per heavy atom. The summed E-state index contributed by atoms with van der Waals surface area (Å²) in [6.07, 6.45) is 0. The second-order valence-electron chi connectivity index (χ2n) is 3.53. The van der Waals surface area contributed by atoms with Crippen molar-refractivity contribution in [3.05, 3.63) is 33.8 Å². The highest BCUT2D eigenvalue weighted by Gasteiger charge is 2.20. The van der Waals surface area contributed by atoms with Crippen LogP contribution in [0.25, 0.3) is 0 Å². The number of carbonyl (C=O) groups is 2. The second-order valence-corrected chi connectivity index (χ2v) is 4.38. The lowest BCUT2D eigenvalue weighted by Gasteiger charge is -2.12. The number of aliphatic hydroxyl groups excluding tert-OH is 1. The lowest BCUT2D eigenvalue weighted by atomic mass is 10.1. The van der Waals surface area contributed by atoms with Gasteiger partial charge < -0.3 is 15.5 Å². The van der Waals surface area contributed by atoms with Gasteiger partial charge >= 0.3 is 5.97 Å². The second kappa shape index (κ2) is 5.79. The third kappa shape index (κ3) is 3.54. The summed E-state index contributed by atoms with van der Waals surface area (Å²) < 4.78 is 0.581. The van der Waals surface area contributed by atoms with Gasteiger partial charge in [0, 0.05) is 4.47 Å². The molecule has 17 heavy (non-hydrogen) atoms. The molecule has 1 rings (SSSR count). The van der Waals surface area contributed by atoms with Crippen LogP contribution in [-0.2, 0) is 4.79 Å². The number of carboxylic acid groups (broad SMARTS) is 1. The quantitative estimate of drug-likeness (QED) is 0.772. The van der Waals surface area contributed by atoms with Crippen LogP contribution in [0.3, 0.4) is 0 Å². The van der Waals surface area contributed by atoms with Gasteiger partial charge in [0.2, 0.25) is 0 Å². The molecule has 5 nitrogen and oxygen atoms in total. The molecule has 0 bridgehead atoms. The summed E-state index contributed by atoms with van der Waals surface area (Å²) in [4.78, 5) is 22.4. The van der Waals surface area contributed by atoms with Gasteiger partial charge in [-0.25, -0.2) is 4.79 Å². The molecular formula is C11H12BrNO4. The number of amides is 1. The van der Waals surface area contributed by atoms with E-state index in [1.165, 1.54) is 0 Å². The van der Waals surface area contributed by atoms with Gasteiger partial charge in [-0.05, 0) is 40.5 Å². The Bertz CT molecular complexity index is 447. The SMILES string of the molecule is Cc1ccc(C(=O)N[C@@H](CO)C(=O)O)c(Br)c1. The molecule has 0 radical (unpaired) electrons. The summed E-state index contributed by atoms with van der Waals surface area (Å²) in [5.74, 6) is -1.82. The van der Waals surface area contributed by atoms with Crippen molar-refractivity contribution >= 4 is 27.8 Å². The van der Waals surface area contributed by atoms with Crippen molar-refractivity contribution < 1.29 is 19.8 Å². The van der Waals surface area contributed by atoms with Crippen LogP contribution in [0.15, 0.2) is 22.7 Å². The highest BCUT2D eigenvalue weighted by molar-refractivity contribution is 9.10. The fraction of sp³-hybridized carbons (Fsp3) is 0.273. The van der Waals surface area contributed by atoms with Crippen molar-refractivity contribution in [3.63, 3.8) is 0 Å². The van der Waals surface area contributed by atoms with Gasteiger partial charge in [-0.2, -0.15) is 0 Å². The van der Waals surface area contributed by atoms with Gasteiger partial charge in [0.1, 0.15) is 0 Å². The first-order valence-corrected chi connectivity index (χ1v) is 5.65. The lowest BCUT2D eigenvalue weighted by molar-refractivity contribution is -0.140. The number of aryl methyl sites for hydroxylation is 1. The zero-order valence-corrected chi connectivity index (χ0v) is 10.7. The Hall–Kier alpha value is -1.40. The van der Waals surface area contributed by atoms with E-state index in [0.29, 0.717) is 10.0 Å². The maximum absolute atomic E-state index is 11.7. The number of aliphatic hydroxyl groups is 1. The molecule has 0 heterocycles. The molecular weight excluding hydrogens is 290 g/mol. The summed E-state index contributed by atoms with van der Waals surface area (Å²) in [5.41, 5.74) is 1.31. The molecule has 0 aliphatic carbocycles. The van der Waals surface area contributed by atoms with Crippen molar-refractivity contribution in [2.24, 2.45) is 0 Å². The molecule has 6 heteroatoms. The Labute approximate surface area is 107 Å². The van der Waals surface area contributed by atoms with Crippen molar-refractivity contribution in [3.8, 4) is 0 Å². The predicted octanol–water partition coefficient (Wildman–Crippen LogP) is 0.933. The van der Waals surface area contributed by atoms with Crippen LogP contribution >= 0.6 is 15.9 Å². The smallest absolute Gasteiger partial charge is 0.328 e. The van der Waals surface area contributed by atoms with Crippen LogP contribution in [0.5, 0.6) is 0 Å². The number of hydrogen-bond donors (Lipinski definition) is 3. The van der Waals surface area contributed by atoms with Gasteiger partial charge in [0.15, 0.2) is 6.04 Å². The molecule has 0 spiro atoms. The number of benzene rings is 1. The molecule has 0 saturated carbocycles. The maximum atomic E-state index is 11.7. The minimum atomic E-state index is -1.30. The fourth-order valence-corrected chi connectivity index (χ4v) is 1.90. The molecule has 92 valence electrons. The molecule has 0 aromatic heterocycles. The van der Waals surface area contributed by atoms with Crippen LogP contribution in [0.4, 0.5) is 0 Å². The van der Waals surface area contributed by atoms with Crippen molar-refractivity contribution in [1.82, 2.24) is 5.32 Å². The summed E-state index contributed by atoms with van der Waals surface area (Å²) >= 11 is 3.23. The molecule has 0 fully saturated rings. The fourth-order valence-electron chi connectivity index (χ4n) is 1.23. The Kier molecular flexibility index (Phi) is 4.65. The number of rotatable bonds is 4. The summed E-state index contributed by atoms with van der Waals surface area (Å²) in [6, 6.07) is 3.79. The summed E-state index contributed by atoms with van der Waals surface area (Å²) in [7, 11) is 0. The van der Waals surface area contributed by atoms with Crippen LogP contribution in [0, 0.1) is 6.92 Å². The molecule has 0 unspecified atom stereocenters. The molecule has 1 aromatic carbocycles. The normalized spacial score (nSPS) is 11.9. The van der Waals surface area contributed by atoms with Crippen molar-refractivity contribution in [2.45, 2.75) is 13.0 Å². The van der Waals surface area contributed by atoms with Gasteiger partial charge in [-0.1, -0.05) is 6.07 Å². The highest BCUT2D eigenvalue weighted by Crippen LogP contribution is 2.18. The number of hydrogen-bond acceptors (Lipinski definition) is 3. The van der Waals surface area contributed by atoms with Crippen LogP contribution < -0.4 is 5.32 Å². The van der Waals surface area contributed by atoms with E-state index in [1.807, 2.05) is 6.92 Å². The molecule has 0 saturated heterocycles.